The van der Waals surface area contributed by atoms with Crippen LogP contribution in [0.25, 0.3) is 0 Å². The highest BCUT2D eigenvalue weighted by Gasteiger charge is 2.23. The van der Waals surface area contributed by atoms with Crippen LogP contribution in [0.4, 0.5) is 0 Å². The number of likely N-dealkylation sites (N-methyl/N-ethyl adjacent to an activating group) is 1. The molecule has 98 valence electrons. The zero-order chi connectivity index (χ0) is 13.4. The van der Waals surface area contributed by atoms with Gasteiger partial charge in [0.05, 0.1) is 6.54 Å². The van der Waals surface area contributed by atoms with Crippen LogP contribution in [-0.2, 0) is 9.59 Å². The molecule has 0 aliphatic carbocycles. The van der Waals surface area contributed by atoms with Gasteiger partial charge in [0.2, 0.25) is 5.91 Å². The van der Waals surface area contributed by atoms with Gasteiger partial charge in [0.15, 0.2) is 0 Å². The van der Waals surface area contributed by atoms with Gasteiger partial charge in [-0.3, -0.25) is 4.79 Å². The molecular formula is C14H20N2O2. The molecule has 4 heteroatoms. The van der Waals surface area contributed by atoms with Crippen molar-refractivity contribution >= 4 is 12.2 Å². The Morgan fingerprint density at radius 2 is 2.06 bits per heavy atom. The Morgan fingerprint density at radius 1 is 1.39 bits per heavy atom. The van der Waals surface area contributed by atoms with E-state index in [1.54, 1.807) is 11.9 Å². The van der Waals surface area contributed by atoms with Gasteiger partial charge in [0.25, 0.3) is 0 Å². The predicted molar refractivity (Wildman–Crippen MR) is 71.2 cm³/mol. The van der Waals surface area contributed by atoms with Crippen molar-refractivity contribution in [3.05, 3.63) is 35.9 Å². The number of rotatable bonds is 7. The zero-order valence-electron chi connectivity index (χ0n) is 10.9. The van der Waals surface area contributed by atoms with E-state index in [1.807, 2.05) is 37.3 Å². The number of hydrogen-bond donors (Lipinski definition) is 1. The maximum Gasteiger partial charge on any atom is 0.244 e. The van der Waals surface area contributed by atoms with E-state index in [9.17, 15) is 9.59 Å². The molecule has 0 bridgehead atoms. The number of carbonyl (C=O) groups is 2. The van der Waals surface area contributed by atoms with Crippen LogP contribution in [0.5, 0.6) is 0 Å². The second-order valence-corrected chi connectivity index (χ2v) is 4.08. The Hall–Kier alpha value is -1.68. The van der Waals surface area contributed by atoms with Gasteiger partial charge in [-0.1, -0.05) is 37.3 Å². The smallest absolute Gasteiger partial charge is 0.244 e. The summed E-state index contributed by atoms with van der Waals surface area (Å²) in [5, 5.41) is 3.01. The van der Waals surface area contributed by atoms with Gasteiger partial charge in [-0.15, -0.1) is 0 Å². The Balaban J connectivity index is 2.86. The minimum Gasteiger partial charge on any atom is -0.334 e. The number of nitrogens with zero attached hydrogens (tertiary/aromatic N) is 1. The molecule has 1 N–H and O–H groups in total. The standard InChI is InChI=1S/C14H20N2O2/c1-3-9-16(10-11-17)14(18)13(15-2)12-7-5-4-6-8-12/h4-8,11,13,15H,3,9-10H2,1-2H3. The highest BCUT2D eigenvalue weighted by molar-refractivity contribution is 5.84. The highest BCUT2D eigenvalue weighted by Crippen LogP contribution is 2.15. The summed E-state index contributed by atoms with van der Waals surface area (Å²) in [5.74, 6) is -0.0577. The molecule has 0 spiro atoms. The fourth-order valence-corrected chi connectivity index (χ4v) is 1.91. The Morgan fingerprint density at radius 3 is 2.56 bits per heavy atom. The van der Waals surface area contributed by atoms with E-state index >= 15 is 0 Å². The van der Waals surface area contributed by atoms with Crippen LogP contribution < -0.4 is 5.32 Å². The quantitative estimate of drug-likeness (QED) is 0.742. The van der Waals surface area contributed by atoms with Crippen LogP contribution in [0.3, 0.4) is 0 Å². The molecule has 1 rings (SSSR count). The van der Waals surface area contributed by atoms with Crippen molar-refractivity contribution in [2.24, 2.45) is 0 Å². The molecule has 0 saturated heterocycles. The summed E-state index contributed by atoms with van der Waals surface area (Å²) < 4.78 is 0. The molecule has 1 amide bonds. The molecule has 0 fully saturated rings. The van der Waals surface area contributed by atoms with Gasteiger partial charge in [-0.05, 0) is 19.0 Å². The monoisotopic (exact) mass is 248 g/mol. The summed E-state index contributed by atoms with van der Waals surface area (Å²) in [4.78, 5) is 24.6. The molecule has 0 saturated carbocycles. The summed E-state index contributed by atoms with van der Waals surface area (Å²) in [5.41, 5.74) is 0.914. The van der Waals surface area contributed by atoms with Crippen LogP contribution in [0.1, 0.15) is 24.9 Å². The Bertz CT molecular complexity index is 379. The summed E-state index contributed by atoms with van der Waals surface area (Å²) in [6, 6.07) is 9.13. The number of aldehydes is 1. The molecule has 0 aromatic heterocycles. The molecular weight excluding hydrogens is 228 g/mol. The average molecular weight is 248 g/mol. The van der Waals surface area contributed by atoms with Crippen molar-refractivity contribution in [1.29, 1.82) is 0 Å². The Labute approximate surface area is 108 Å². The SMILES string of the molecule is CCCN(CC=O)C(=O)C(NC)c1ccccc1. The lowest BCUT2D eigenvalue weighted by Crippen LogP contribution is -2.41. The third-order valence-electron chi connectivity index (χ3n) is 2.77. The van der Waals surface area contributed by atoms with Crippen molar-refractivity contribution in [2.45, 2.75) is 19.4 Å². The summed E-state index contributed by atoms with van der Waals surface area (Å²) >= 11 is 0. The molecule has 18 heavy (non-hydrogen) atoms. The largest absolute Gasteiger partial charge is 0.334 e. The predicted octanol–water partition coefficient (Wildman–Crippen LogP) is 1.38. The second-order valence-electron chi connectivity index (χ2n) is 4.08. The molecule has 1 aromatic rings. The number of carbonyl (C=O) groups excluding carboxylic acids is 2. The van der Waals surface area contributed by atoms with Crippen molar-refractivity contribution in [1.82, 2.24) is 10.2 Å². The van der Waals surface area contributed by atoms with Gasteiger partial charge in [-0.25, -0.2) is 0 Å². The lowest BCUT2D eigenvalue weighted by atomic mass is 10.1. The van der Waals surface area contributed by atoms with Gasteiger partial charge < -0.3 is 15.0 Å². The van der Waals surface area contributed by atoms with E-state index in [4.69, 9.17) is 0 Å². The van der Waals surface area contributed by atoms with E-state index in [2.05, 4.69) is 5.32 Å². The first-order valence-corrected chi connectivity index (χ1v) is 6.19. The van der Waals surface area contributed by atoms with Gasteiger partial charge in [-0.2, -0.15) is 0 Å². The van der Waals surface area contributed by atoms with Crippen LogP contribution in [0, 0.1) is 0 Å². The van der Waals surface area contributed by atoms with Gasteiger partial charge in [0, 0.05) is 6.54 Å². The fraction of sp³-hybridized carbons (Fsp3) is 0.429. The normalized spacial score (nSPS) is 11.9. The molecule has 0 aliphatic rings. The van der Waals surface area contributed by atoms with Crippen molar-refractivity contribution < 1.29 is 9.59 Å². The van der Waals surface area contributed by atoms with E-state index in [0.29, 0.717) is 6.54 Å². The maximum atomic E-state index is 12.4. The summed E-state index contributed by atoms with van der Waals surface area (Å²) in [7, 11) is 1.75. The lowest BCUT2D eigenvalue weighted by molar-refractivity contribution is -0.135. The Kier molecular flexibility index (Phi) is 6.08. The molecule has 1 atom stereocenters. The van der Waals surface area contributed by atoms with Crippen molar-refractivity contribution in [2.75, 3.05) is 20.1 Å². The van der Waals surface area contributed by atoms with E-state index < -0.39 is 6.04 Å². The van der Waals surface area contributed by atoms with Crippen LogP contribution in [0.15, 0.2) is 30.3 Å². The highest BCUT2D eigenvalue weighted by atomic mass is 16.2. The maximum absolute atomic E-state index is 12.4. The van der Waals surface area contributed by atoms with Crippen LogP contribution in [0.2, 0.25) is 0 Å². The number of benzene rings is 1. The molecule has 1 aromatic carbocycles. The molecule has 1 unspecified atom stereocenters. The van der Waals surface area contributed by atoms with Crippen LogP contribution >= 0.6 is 0 Å². The summed E-state index contributed by atoms with van der Waals surface area (Å²) in [6.07, 6.45) is 1.61. The minimum absolute atomic E-state index is 0.0577. The lowest BCUT2D eigenvalue weighted by Gasteiger charge is -2.25. The topological polar surface area (TPSA) is 49.4 Å². The first-order valence-electron chi connectivity index (χ1n) is 6.19. The zero-order valence-corrected chi connectivity index (χ0v) is 10.9. The molecule has 0 heterocycles. The van der Waals surface area contributed by atoms with Gasteiger partial charge in [0.1, 0.15) is 12.3 Å². The fourth-order valence-electron chi connectivity index (χ4n) is 1.91. The number of amides is 1. The first kappa shape index (κ1) is 14.4. The third kappa shape index (κ3) is 3.67. The van der Waals surface area contributed by atoms with E-state index in [0.717, 1.165) is 18.3 Å². The van der Waals surface area contributed by atoms with Crippen molar-refractivity contribution in [3.63, 3.8) is 0 Å². The second kappa shape index (κ2) is 7.61. The minimum atomic E-state index is -0.391. The number of hydrogen-bond acceptors (Lipinski definition) is 3. The molecule has 4 nitrogen and oxygen atoms in total. The third-order valence-corrected chi connectivity index (χ3v) is 2.77. The van der Waals surface area contributed by atoms with E-state index in [1.165, 1.54) is 0 Å². The average Bonchev–Trinajstić information content (AvgIpc) is 2.40. The molecule has 0 aliphatic heterocycles. The van der Waals surface area contributed by atoms with Crippen molar-refractivity contribution in [3.8, 4) is 0 Å². The number of nitrogens with one attached hydrogen (secondary N) is 1. The molecule has 0 radical (unpaired) electrons. The van der Waals surface area contributed by atoms with Gasteiger partial charge >= 0.3 is 0 Å². The summed E-state index contributed by atoms with van der Waals surface area (Å²) in [6.45, 7) is 2.74. The first-order chi connectivity index (χ1) is 8.74. The van der Waals surface area contributed by atoms with E-state index in [-0.39, 0.29) is 12.5 Å². The van der Waals surface area contributed by atoms with Crippen LogP contribution in [-0.4, -0.2) is 37.2 Å².